The summed E-state index contributed by atoms with van der Waals surface area (Å²) >= 11 is 0. The Morgan fingerprint density at radius 2 is 1.91 bits per heavy atom. The van der Waals surface area contributed by atoms with Crippen LogP contribution >= 0.6 is 0 Å². The predicted octanol–water partition coefficient (Wildman–Crippen LogP) is 3.73. The van der Waals surface area contributed by atoms with Gasteiger partial charge in [0.2, 0.25) is 15.9 Å². The lowest BCUT2D eigenvalue weighted by Crippen LogP contribution is -2.45. The topological polar surface area (TPSA) is 71.4 Å². The molecule has 4 rings (SSSR count). The van der Waals surface area contributed by atoms with E-state index in [1.54, 1.807) is 12.1 Å². The molecule has 7 heteroatoms. The van der Waals surface area contributed by atoms with E-state index in [1.807, 2.05) is 25.3 Å². The fourth-order valence-electron chi connectivity index (χ4n) is 4.37. The van der Waals surface area contributed by atoms with E-state index in [1.165, 1.54) is 15.4 Å². The van der Waals surface area contributed by atoms with Gasteiger partial charge in [-0.3, -0.25) is 4.79 Å². The molecule has 1 atom stereocenters. The molecule has 0 saturated carbocycles. The molecule has 1 aromatic heterocycles. The van der Waals surface area contributed by atoms with Crippen molar-refractivity contribution in [3.63, 3.8) is 0 Å². The van der Waals surface area contributed by atoms with Crippen LogP contribution in [0.3, 0.4) is 0 Å². The van der Waals surface area contributed by atoms with Crippen molar-refractivity contribution in [2.24, 2.45) is 5.92 Å². The molecule has 0 bridgehead atoms. The van der Waals surface area contributed by atoms with Crippen LogP contribution in [-0.4, -0.2) is 42.8 Å². The van der Waals surface area contributed by atoms with Crippen molar-refractivity contribution in [3.05, 3.63) is 65.9 Å². The lowest BCUT2D eigenvalue weighted by Gasteiger charge is -2.31. The molecule has 1 saturated heterocycles. The summed E-state index contributed by atoms with van der Waals surface area (Å²) < 4.78 is 30.1. The average molecular weight is 454 g/mol. The molecular formula is C25H31N3O3S. The second-order valence-electron chi connectivity index (χ2n) is 8.55. The zero-order valence-electron chi connectivity index (χ0n) is 18.8. The number of amides is 1. The zero-order chi connectivity index (χ0) is 22.7. The maximum atomic E-state index is 13.3. The molecule has 2 aromatic carbocycles. The molecule has 0 radical (unpaired) electrons. The van der Waals surface area contributed by atoms with Gasteiger partial charge in [0.1, 0.15) is 0 Å². The van der Waals surface area contributed by atoms with Gasteiger partial charge in [-0.1, -0.05) is 29.8 Å². The van der Waals surface area contributed by atoms with Crippen LogP contribution in [0.15, 0.2) is 59.6 Å². The highest BCUT2D eigenvalue weighted by atomic mass is 32.2. The first-order valence-electron chi connectivity index (χ1n) is 11.3. The highest BCUT2D eigenvalue weighted by molar-refractivity contribution is 7.89. The minimum Gasteiger partial charge on any atom is -0.355 e. The lowest BCUT2D eigenvalue weighted by atomic mass is 9.98. The van der Waals surface area contributed by atoms with Gasteiger partial charge in [0.15, 0.2) is 0 Å². The summed E-state index contributed by atoms with van der Waals surface area (Å²) in [4.78, 5) is 13.0. The maximum absolute atomic E-state index is 13.3. The molecule has 1 unspecified atom stereocenters. The molecule has 1 fully saturated rings. The normalized spacial score (nSPS) is 17.5. The van der Waals surface area contributed by atoms with Gasteiger partial charge >= 0.3 is 0 Å². The predicted molar refractivity (Wildman–Crippen MR) is 127 cm³/mol. The van der Waals surface area contributed by atoms with Crippen LogP contribution < -0.4 is 5.32 Å². The number of benzene rings is 2. The second kappa shape index (κ2) is 9.46. The molecule has 1 aliphatic rings. The fraction of sp³-hybridized carbons (Fsp3) is 0.400. The average Bonchev–Trinajstić information content (AvgIpc) is 3.23. The molecule has 6 nitrogen and oxygen atoms in total. The summed E-state index contributed by atoms with van der Waals surface area (Å²) in [5.74, 6) is -0.381. The first-order valence-corrected chi connectivity index (χ1v) is 12.7. The maximum Gasteiger partial charge on any atom is 0.243 e. The minimum atomic E-state index is -3.64. The molecule has 0 aliphatic carbocycles. The summed E-state index contributed by atoms with van der Waals surface area (Å²) in [6.07, 6.45) is 4.13. The molecule has 3 aromatic rings. The molecule has 1 amide bonds. The van der Waals surface area contributed by atoms with Gasteiger partial charge in [0.25, 0.3) is 0 Å². The summed E-state index contributed by atoms with van der Waals surface area (Å²) in [6, 6.07) is 15.5. The van der Waals surface area contributed by atoms with Gasteiger partial charge in [-0.15, -0.1) is 0 Å². The number of rotatable bonds is 7. The highest BCUT2D eigenvalue weighted by Gasteiger charge is 2.33. The number of carbonyl (C=O) groups excluding carboxylic acids is 1. The van der Waals surface area contributed by atoms with Gasteiger partial charge in [0.05, 0.1) is 10.8 Å². The Morgan fingerprint density at radius 1 is 1.12 bits per heavy atom. The molecule has 2 heterocycles. The minimum absolute atomic E-state index is 0.0625. The smallest absolute Gasteiger partial charge is 0.243 e. The van der Waals surface area contributed by atoms with Crippen molar-refractivity contribution in [1.82, 2.24) is 14.2 Å². The monoisotopic (exact) mass is 453 g/mol. The standard InChI is InChI=1S/C25H31N3O3S/c1-3-27-16-13-21-17-23(10-11-24(21)27)32(30,31)28-15-4-5-22(18-28)25(29)26-14-12-20-8-6-19(2)7-9-20/h6-11,13,16-17,22H,3-5,12,14-15,18H2,1-2H3,(H,26,29). The van der Waals surface area contributed by atoms with Crippen LogP contribution in [0.1, 0.15) is 30.9 Å². The highest BCUT2D eigenvalue weighted by Crippen LogP contribution is 2.27. The number of aromatic nitrogens is 1. The molecular weight excluding hydrogens is 422 g/mol. The van der Waals surface area contributed by atoms with E-state index in [-0.39, 0.29) is 18.4 Å². The number of nitrogens with one attached hydrogen (secondary N) is 1. The van der Waals surface area contributed by atoms with Crippen LogP contribution in [0.5, 0.6) is 0 Å². The number of sulfonamides is 1. The molecule has 0 spiro atoms. The van der Waals surface area contributed by atoms with Gasteiger partial charge in [0, 0.05) is 43.3 Å². The van der Waals surface area contributed by atoms with E-state index in [0.29, 0.717) is 30.8 Å². The molecule has 32 heavy (non-hydrogen) atoms. The van der Waals surface area contributed by atoms with E-state index >= 15 is 0 Å². The second-order valence-corrected chi connectivity index (χ2v) is 10.5. The molecule has 1 aliphatic heterocycles. The van der Waals surface area contributed by atoms with Gasteiger partial charge in [-0.25, -0.2) is 8.42 Å². The zero-order valence-corrected chi connectivity index (χ0v) is 19.6. The van der Waals surface area contributed by atoms with Gasteiger partial charge < -0.3 is 9.88 Å². The Labute approximate surface area is 190 Å². The lowest BCUT2D eigenvalue weighted by molar-refractivity contribution is -0.126. The Morgan fingerprint density at radius 3 is 2.66 bits per heavy atom. The largest absolute Gasteiger partial charge is 0.355 e. The van der Waals surface area contributed by atoms with Crippen molar-refractivity contribution in [2.45, 2.75) is 44.6 Å². The first kappa shape index (κ1) is 22.6. The van der Waals surface area contributed by atoms with Crippen molar-refractivity contribution in [3.8, 4) is 0 Å². The number of aryl methyl sites for hydroxylation is 2. The first-order chi connectivity index (χ1) is 15.4. The SMILES string of the molecule is CCn1ccc2cc(S(=O)(=O)N3CCCC(C(=O)NCCc4ccc(C)cc4)C3)ccc21. The van der Waals surface area contributed by atoms with Crippen molar-refractivity contribution < 1.29 is 13.2 Å². The van der Waals surface area contributed by atoms with Crippen LogP contribution in [0.2, 0.25) is 0 Å². The van der Waals surface area contributed by atoms with E-state index in [4.69, 9.17) is 0 Å². The number of carbonyl (C=O) groups is 1. The quantitative estimate of drug-likeness (QED) is 0.593. The van der Waals surface area contributed by atoms with Crippen molar-refractivity contribution in [1.29, 1.82) is 0 Å². The number of piperidine rings is 1. The van der Waals surface area contributed by atoms with Gasteiger partial charge in [-0.2, -0.15) is 4.31 Å². The summed E-state index contributed by atoms with van der Waals surface area (Å²) in [5.41, 5.74) is 3.41. The van der Waals surface area contributed by atoms with Crippen molar-refractivity contribution >= 4 is 26.8 Å². The van der Waals surface area contributed by atoms with E-state index < -0.39 is 10.0 Å². The van der Waals surface area contributed by atoms with Crippen LogP contribution in [0, 0.1) is 12.8 Å². The third kappa shape index (κ3) is 4.74. The fourth-order valence-corrected chi connectivity index (χ4v) is 5.93. The summed E-state index contributed by atoms with van der Waals surface area (Å²) in [7, 11) is -3.64. The number of nitrogens with zero attached hydrogens (tertiary/aromatic N) is 2. The number of hydrogen-bond donors (Lipinski definition) is 1. The van der Waals surface area contributed by atoms with Gasteiger partial charge in [-0.05, 0) is 62.9 Å². The Hall–Kier alpha value is -2.64. The Balaban J connectivity index is 1.40. The van der Waals surface area contributed by atoms with E-state index in [0.717, 1.165) is 23.9 Å². The third-order valence-electron chi connectivity index (χ3n) is 6.31. The van der Waals surface area contributed by atoms with E-state index in [2.05, 4.69) is 41.1 Å². The third-order valence-corrected chi connectivity index (χ3v) is 8.17. The number of hydrogen-bond acceptors (Lipinski definition) is 3. The Kier molecular flexibility index (Phi) is 6.67. The van der Waals surface area contributed by atoms with Crippen molar-refractivity contribution in [2.75, 3.05) is 19.6 Å². The number of fused-ring (bicyclic) bond motifs is 1. The molecule has 170 valence electrons. The van der Waals surface area contributed by atoms with Crippen LogP contribution in [-0.2, 0) is 27.8 Å². The Bertz CT molecular complexity index is 1200. The summed E-state index contributed by atoms with van der Waals surface area (Å²) in [6.45, 7) is 6.17. The van der Waals surface area contributed by atoms with E-state index in [9.17, 15) is 13.2 Å². The molecule has 1 N–H and O–H groups in total. The summed E-state index contributed by atoms with van der Waals surface area (Å²) in [5, 5.41) is 3.91. The van der Waals surface area contributed by atoms with Crippen LogP contribution in [0.25, 0.3) is 10.9 Å². The van der Waals surface area contributed by atoms with Crippen LogP contribution in [0.4, 0.5) is 0 Å².